The monoisotopic (exact) mass is 372 g/mol. The molecule has 0 aromatic carbocycles. The molecule has 0 aromatic rings. The van der Waals surface area contributed by atoms with Crippen molar-refractivity contribution in [1.29, 1.82) is 0 Å². The van der Waals surface area contributed by atoms with E-state index < -0.39 is 50.6 Å². The van der Waals surface area contributed by atoms with Crippen LogP contribution >= 0.6 is 0 Å². The summed E-state index contributed by atoms with van der Waals surface area (Å²) >= 11 is 0. The van der Waals surface area contributed by atoms with Crippen molar-refractivity contribution in [3.8, 4) is 0 Å². The maximum atomic E-state index is 11.8. The van der Waals surface area contributed by atoms with Gasteiger partial charge in [-0.25, -0.2) is 0 Å². The molecular weight excluding hydrogens is 356 g/mol. The molecule has 6 nitrogen and oxygen atoms in total. The van der Waals surface area contributed by atoms with Gasteiger partial charge in [-0.3, -0.25) is 0 Å². The molecule has 0 bridgehead atoms. The Morgan fingerprint density at radius 1 is 0.773 bits per heavy atom. The highest BCUT2D eigenvalue weighted by atomic mass is 32.3. The molecule has 0 saturated heterocycles. The van der Waals surface area contributed by atoms with Crippen molar-refractivity contribution in [3.05, 3.63) is 25.2 Å². The van der Waals surface area contributed by atoms with Crippen molar-refractivity contribution >= 4 is 20.4 Å². The summed E-state index contributed by atoms with van der Waals surface area (Å²) in [6.45, 7) is 4.96. The topological polar surface area (TPSA) is 86.7 Å². The summed E-state index contributed by atoms with van der Waals surface area (Å²) < 4.78 is 94.2. The number of hydrogen-bond donors (Lipinski definition) is 0. The first-order chi connectivity index (χ1) is 9.83. The number of ether oxygens (including phenoxy) is 2. The quantitative estimate of drug-likeness (QED) is 0.253. The summed E-state index contributed by atoms with van der Waals surface area (Å²) in [7, 11) is -8.95. The minimum atomic E-state index is -4.55. The molecule has 12 heteroatoms. The van der Waals surface area contributed by atoms with E-state index in [1.165, 1.54) is 0 Å². The Morgan fingerprint density at radius 2 is 1.18 bits per heavy atom. The van der Waals surface area contributed by atoms with Crippen LogP contribution in [0.1, 0.15) is 12.8 Å². The molecule has 0 spiro atoms. The molecule has 0 heterocycles. The predicted molar refractivity (Wildman–Crippen MR) is 71.4 cm³/mol. The second-order valence-electron chi connectivity index (χ2n) is 3.60. The van der Waals surface area contributed by atoms with E-state index in [-0.39, 0.29) is 19.4 Å². The van der Waals surface area contributed by atoms with E-state index in [0.717, 1.165) is 0 Å². The van der Waals surface area contributed by atoms with Gasteiger partial charge in [-0.2, -0.15) is 25.6 Å². The molecule has 0 aliphatic heterocycles. The second-order valence-corrected chi connectivity index (χ2v) is 6.57. The van der Waals surface area contributed by atoms with Gasteiger partial charge in [-0.15, -0.1) is 7.77 Å². The van der Waals surface area contributed by atoms with Crippen LogP contribution in [-0.4, -0.2) is 41.6 Å². The molecule has 0 aliphatic carbocycles. The molecule has 0 radical (unpaired) electrons. The average Bonchev–Trinajstić information content (AvgIpc) is 2.24. The van der Waals surface area contributed by atoms with E-state index in [1.807, 2.05) is 0 Å². The molecule has 0 aliphatic rings. The zero-order valence-electron chi connectivity index (χ0n) is 11.4. The molecule has 0 fully saturated rings. The first kappa shape index (κ1) is 23.0. The predicted octanol–water partition coefficient (Wildman–Crippen LogP) is 2.27. The smallest absolute Gasteiger partial charge is 0.305 e. The maximum absolute atomic E-state index is 11.8. The van der Waals surface area contributed by atoms with Crippen molar-refractivity contribution in [2.75, 3.05) is 24.7 Å². The SMILES string of the molecule is C=C(F)OCCCCS(=O)(=O)F.C=C(F)OCCS(=O)(=O)F. The first-order valence-electron chi connectivity index (χ1n) is 5.62. The lowest BCUT2D eigenvalue weighted by Gasteiger charge is -1.99. The van der Waals surface area contributed by atoms with Crippen molar-refractivity contribution in [1.82, 2.24) is 0 Å². The highest BCUT2D eigenvalue weighted by molar-refractivity contribution is 7.86. The molecule has 0 aromatic heterocycles. The summed E-state index contributed by atoms with van der Waals surface area (Å²) in [5.74, 6) is -1.40. The highest BCUT2D eigenvalue weighted by Crippen LogP contribution is 2.01. The lowest BCUT2D eigenvalue weighted by Crippen LogP contribution is -2.05. The Bertz CT molecular complexity index is 544. The molecule has 0 unspecified atom stereocenters. The van der Waals surface area contributed by atoms with Crippen LogP contribution in [0.5, 0.6) is 0 Å². The van der Waals surface area contributed by atoms with E-state index in [9.17, 15) is 33.4 Å². The highest BCUT2D eigenvalue weighted by Gasteiger charge is 2.06. The maximum Gasteiger partial charge on any atom is 0.305 e. The summed E-state index contributed by atoms with van der Waals surface area (Å²) in [4.78, 5) is 0. The van der Waals surface area contributed by atoms with Gasteiger partial charge in [0, 0.05) is 0 Å². The Kier molecular flexibility index (Phi) is 11.8. The Balaban J connectivity index is 0. The average molecular weight is 372 g/mol. The molecule has 0 amide bonds. The second kappa shape index (κ2) is 11.3. The molecular formula is C10H16F4O6S2. The molecule has 0 saturated carbocycles. The van der Waals surface area contributed by atoms with Crippen molar-refractivity contribution in [2.45, 2.75) is 12.8 Å². The van der Waals surface area contributed by atoms with Crippen LogP contribution in [0, 0.1) is 0 Å². The molecule has 0 atom stereocenters. The van der Waals surface area contributed by atoms with Crippen molar-refractivity contribution < 1.29 is 42.9 Å². The van der Waals surface area contributed by atoms with Crippen LogP contribution < -0.4 is 0 Å². The third kappa shape index (κ3) is 27.1. The zero-order valence-corrected chi connectivity index (χ0v) is 13.1. The fourth-order valence-corrected chi connectivity index (χ4v) is 1.64. The van der Waals surface area contributed by atoms with E-state index in [4.69, 9.17) is 0 Å². The number of halogens is 4. The number of hydrogen-bond acceptors (Lipinski definition) is 6. The van der Waals surface area contributed by atoms with Gasteiger partial charge in [0.1, 0.15) is 12.4 Å². The molecule has 132 valence electrons. The summed E-state index contributed by atoms with van der Waals surface area (Å²) in [5.41, 5.74) is 0. The third-order valence-electron chi connectivity index (χ3n) is 1.63. The minimum absolute atomic E-state index is 0.0187. The normalized spacial score (nSPS) is 11.1. The van der Waals surface area contributed by atoms with Gasteiger partial charge in [-0.05, 0) is 26.0 Å². The standard InChI is InChI=1S/C6H10F2O3S.C4H6F2O3S/c1-6(7)11-4-2-3-5-12(8,9)10;1-4(5)9-2-3-10(6,7)8/h1-5H2;1-3H2. The van der Waals surface area contributed by atoms with Crippen LogP contribution in [0.4, 0.5) is 16.6 Å². The number of unbranched alkanes of at least 4 members (excludes halogenated alkanes) is 1. The summed E-state index contributed by atoms with van der Waals surface area (Å²) in [6.07, 6.45) is 0.401. The van der Waals surface area contributed by atoms with Crippen LogP contribution in [0.15, 0.2) is 25.2 Å². The van der Waals surface area contributed by atoms with E-state index in [2.05, 4.69) is 22.6 Å². The Hall–Kier alpha value is -1.30. The Labute approximate surface area is 126 Å². The van der Waals surface area contributed by atoms with Gasteiger partial charge in [0.15, 0.2) is 0 Å². The van der Waals surface area contributed by atoms with Crippen LogP contribution in [0.3, 0.4) is 0 Å². The van der Waals surface area contributed by atoms with Crippen LogP contribution in [0.2, 0.25) is 0 Å². The molecule has 22 heavy (non-hydrogen) atoms. The zero-order chi connectivity index (χ0) is 17.8. The van der Waals surface area contributed by atoms with Gasteiger partial charge in [-0.1, -0.05) is 0 Å². The van der Waals surface area contributed by atoms with E-state index >= 15 is 0 Å². The largest absolute Gasteiger partial charge is 0.471 e. The van der Waals surface area contributed by atoms with Gasteiger partial charge in [0.25, 0.3) is 12.0 Å². The van der Waals surface area contributed by atoms with Gasteiger partial charge in [0.05, 0.1) is 12.4 Å². The minimum Gasteiger partial charge on any atom is -0.471 e. The lowest BCUT2D eigenvalue weighted by molar-refractivity contribution is 0.144. The third-order valence-corrected chi connectivity index (χ3v) is 3.06. The van der Waals surface area contributed by atoms with Gasteiger partial charge >= 0.3 is 20.4 Å². The molecule has 0 rings (SSSR count). The lowest BCUT2D eigenvalue weighted by atomic mass is 10.4. The summed E-state index contributed by atoms with van der Waals surface area (Å²) in [6, 6.07) is -2.04. The first-order valence-corrected chi connectivity index (χ1v) is 8.73. The number of rotatable bonds is 10. The van der Waals surface area contributed by atoms with Crippen LogP contribution in [0.25, 0.3) is 0 Å². The van der Waals surface area contributed by atoms with Gasteiger partial charge in [0.2, 0.25) is 0 Å². The van der Waals surface area contributed by atoms with Crippen molar-refractivity contribution in [3.63, 3.8) is 0 Å². The van der Waals surface area contributed by atoms with Gasteiger partial charge < -0.3 is 9.47 Å². The molecule has 0 N–H and O–H groups in total. The summed E-state index contributed by atoms with van der Waals surface area (Å²) in [5, 5.41) is 0. The van der Waals surface area contributed by atoms with E-state index in [0.29, 0.717) is 0 Å². The fraction of sp³-hybridized carbons (Fsp3) is 0.600. The van der Waals surface area contributed by atoms with Crippen LogP contribution in [-0.2, 0) is 29.9 Å². The Morgan fingerprint density at radius 3 is 1.55 bits per heavy atom. The van der Waals surface area contributed by atoms with E-state index in [1.54, 1.807) is 0 Å². The fourth-order valence-electron chi connectivity index (χ4n) is 0.811. The van der Waals surface area contributed by atoms with Crippen molar-refractivity contribution in [2.24, 2.45) is 0 Å².